The van der Waals surface area contributed by atoms with Gasteiger partial charge in [-0.1, -0.05) is 40.7 Å². The van der Waals surface area contributed by atoms with Crippen LogP contribution in [0.5, 0.6) is 5.75 Å². The van der Waals surface area contributed by atoms with Crippen molar-refractivity contribution in [2.75, 3.05) is 31.1 Å². The van der Waals surface area contributed by atoms with Crippen LogP contribution in [-0.2, 0) is 16.8 Å². The van der Waals surface area contributed by atoms with Crippen molar-refractivity contribution in [3.05, 3.63) is 39.8 Å². The number of ether oxygens (including phenoxy) is 1. The fourth-order valence-electron chi connectivity index (χ4n) is 4.15. The van der Waals surface area contributed by atoms with Crippen molar-refractivity contribution in [3.63, 3.8) is 0 Å². The van der Waals surface area contributed by atoms with Gasteiger partial charge in [-0.15, -0.1) is 11.3 Å². The Hall–Kier alpha value is -2.45. The predicted molar refractivity (Wildman–Crippen MR) is 143 cm³/mol. The van der Waals surface area contributed by atoms with E-state index in [1.165, 1.54) is 11.3 Å². The molecule has 1 aromatic heterocycles. The lowest BCUT2D eigenvalue weighted by Gasteiger charge is -2.31. The Bertz CT molecular complexity index is 1020. The van der Waals surface area contributed by atoms with Crippen molar-refractivity contribution in [3.8, 4) is 5.75 Å². The molecule has 1 unspecified atom stereocenters. The smallest absolute Gasteiger partial charge is 0.270 e. The van der Waals surface area contributed by atoms with Crippen molar-refractivity contribution in [2.45, 2.75) is 78.8 Å². The van der Waals surface area contributed by atoms with Crippen molar-refractivity contribution in [1.29, 1.82) is 0 Å². The van der Waals surface area contributed by atoms with Gasteiger partial charge in [-0.25, -0.2) is 4.98 Å². The molecule has 1 atom stereocenters. The standard InChI is InChI=1S/C27H40N4O3S/c1-7-27(5,6)20-12-13-23-22(15-20)31(25(32)17-34-23)16-24-29-21(18-35-24)26(33)28-19(4)11-10-14-30(8-2)9-3/h12-13,15,18-19H,7-11,14,16-17H2,1-6H3,(H,28,33). The molecule has 1 aliphatic rings. The second-order valence-corrected chi connectivity index (χ2v) is 10.8. The number of nitrogens with zero attached hydrogens (tertiary/aromatic N) is 3. The zero-order valence-corrected chi connectivity index (χ0v) is 22.8. The molecule has 1 N–H and O–H groups in total. The van der Waals surface area contributed by atoms with E-state index >= 15 is 0 Å². The average molecular weight is 501 g/mol. The number of fused-ring (bicyclic) bond motifs is 1. The highest BCUT2D eigenvalue weighted by molar-refractivity contribution is 7.09. The summed E-state index contributed by atoms with van der Waals surface area (Å²) in [6.07, 6.45) is 2.95. The lowest BCUT2D eigenvalue weighted by atomic mass is 9.82. The van der Waals surface area contributed by atoms with Crippen molar-refractivity contribution < 1.29 is 14.3 Å². The van der Waals surface area contributed by atoms with E-state index in [1.807, 2.05) is 13.0 Å². The lowest BCUT2D eigenvalue weighted by molar-refractivity contribution is -0.121. The van der Waals surface area contributed by atoms with Gasteiger partial charge in [0, 0.05) is 11.4 Å². The van der Waals surface area contributed by atoms with Crippen LogP contribution in [0.15, 0.2) is 23.6 Å². The molecular weight excluding hydrogens is 460 g/mol. The number of hydrogen-bond donors (Lipinski definition) is 1. The normalized spacial score (nSPS) is 14.6. The van der Waals surface area contributed by atoms with Crippen LogP contribution in [0.25, 0.3) is 0 Å². The molecule has 0 spiro atoms. The highest BCUT2D eigenvalue weighted by atomic mass is 32.1. The summed E-state index contributed by atoms with van der Waals surface area (Å²) in [5.41, 5.74) is 2.33. The van der Waals surface area contributed by atoms with E-state index in [0.717, 1.165) is 55.2 Å². The van der Waals surface area contributed by atoms with Gasteiger partial charge in [0.25, 0.3) is 11.8 Å². The van der Waals surface area contributed by atoms with E-state index in [-0.39, 0.29) is 29.9 Å². The zero-order valence-electron chi connectivity index (χ0n) is 22.0. The molecule has 2 aromatic rings. The fraction of sp³-hybridized carbons (Fsp3) is 0.593. The molecule has 0 saturated carbocycles. The Balaban J connectivity index is 1.65. The first kappa shape index (κ1) is 27.1. The molecule has 2 heterocycles. The highest BCUT2D eigenvalue weighted by Crippen LogP contribution is 2.38. The number of amides is 2. The first-order chi connectivity index (χ1) is 16.7. The molecule has 35 heavy (non-hydrogen) atoms. The monoisotopic (exact) mass is 500 g/mol. The number of nitrogens with one attached hydrogen (secondary N) is 1. The SMILES string of the molecule is CCN(CC)CCCC(C)NC(=O)c1csc(CN2C(=O)COc3ccc(C(C)(C)CC)cc32)n1. The number of benzene rings is 1. The van der Waals surface area contributed by atoms with E-state index in [2.05, 4.69) is 62.0 Å². The van der Waals surface area contributed by atoms with Crippen molar-refractivity contribution in [2.24, 2.45) is 0 Å². The van der Waals surface area contributed by atoms with Gasteiger partial charge in [0.1, 0.15) is 16.5 Å². The summed E-state index contributed by atoms with van der Waals surface area (Å²) < 4.78 is 5.68. The van der Waals surface area contributed by atoms with Crippen LogP contribution in [0.4, 0.5) is 5.69 Å². The van der Waals surface area contributed by atoms with Gasteiger partial charge in [-0.05, 0) is 68.9 Å². The van der Waals surface area contributed by atoms with Gasteiger partial charge in [0.15, 0.2) is 6.61 Å². The molecule has 0 fully saturated rings. The van der Waals surface area contributed by atoms with Crippen LogP contribution < -0.4 is 15.0 Å². The molecule has 7 nitrogen and oxygen atoms in total. The molecule has 1 aliphatic heterocycles. The summed E-state index contributed by atoms with van der Waals surface area (Å²) in [4.78, 5) is 34.2. The molecule has 0 aliphatic carbocycles. The summed E-state index contributed by atoms with van der Waals surface area (Å²) in [6, 6.07) is 6.16. The fourth-order valence-corrected chi connectivity index (χ4v) is 4.92. The third-order valence-electron chi connectivity index (χ3n) is 7.03. The minimum atomic E-state index is -0.163. The van der Waals surface area contributed by atoms with Crippen LogP contribution in [0.1, 0.15) is 81.9 Å². The minimum absolute atomic E-state index is 0.00427. The number of thiazole rings is 1. The number of aromatic nitrogens is 1. The Morgan fingerprint density at radius 2 is 2.03 bits per heavy atom. The summed E-state index contributed by atoms with van der Waals surface area (Å²) in [5, 5.41) is 5.57. The Labute approximate surface area is 213 Å². The summed E-state index contributed by atoms with van der Waals surface area (Å²) in [6.45, 7) is 16.4. The van der Waals surface area contributed by atoms with Crippen molar-refractivity contribution >= 4 is 28.8 Å². The van der Waals surface area contributed by atoms with Crippen LogP contribution in [0, 0.1) is 0 Å². The average Bonchev–Trinajstić information content (AvgIpc) is 3.32. The van der Waals surface area contributed by atoms with Crippen LogP contribution in [-0.4, -0.2) is 54.0 Å². The molecule has 1 aromatic carbocycles. The first-order valence-corrected chi connectivity index (χ1v) is 13.6. The molecular formula is C27H40N4O3S. The topological polar surface area (TPSA) is 74.8 Å². The van der Waals surface area contributed by atoms with E-state index < -0.39 is 0 Å². The second-order valence-electron chi connectivity index (χ2n) is 9.86. The van der Waals surface area contributed by atoms with Gasteiger partial charge in [0.05, 0.1) is 12.2 Å². The number of hydrogen-bond acceptors (Lipinski definition) is 6. The maximum absolute atomic E-state index is 12.8. The van der Waals surface area contributed by atoms with Crippen molar-refractivity contribution in [1.82, 2.24) is 15.2 Å². The first-order valence-electron chi connectivity index (χ1n) is 12.7. The Morgan fingerprint density at radius 1 is 1.29 bits per heavy atom. The minimum Gasteiger partial charge on any atom is -0.482 e. The third-order valence-corrected chi connectivity index (χ3v) is 7.86. The molecule has 2 amide bonds. The Kier molecular flexibility index (Phi) is 9.30. The van der Waals surface area contributed by atoms with Gasteiger partial charge < -0.3 is 15.0 Å². The molecule has 0 radical (unpaired) electrons. The summed E-state index contributed by atoms with van der Waals surface area (Å²) in [7, 11) is 0. The van der Waals surface area contributed by atoms with E-state index in [9.17, 15) is 9.59 Å². The Morgan fingerprint density at radius 3 is 2.71 bits per heavy atom. The van der Waals surface area contributed by atoms with Crippen LogP contribution in [0.2, 0.25) is 0 Å². The molecule has 0 saturated heterocycles. The summed E-state index contributed by atoms with van der Waals surface area (Å²) in [5.74, 6) is 0.434. The number of carbonyl (C=O) groups is 2. The molecule has 192 valence electrons. The maximum atomic E-state index is 12.8. The molecule has 8 heteroatoms. The third kappa shape index (κ3) is 6.82. The number of rotatable bonds is 12. The van der Waals surface area contributed by atoms with E-state index in [1.54, 1.807) is 10.3 Å². The molecule has 0 bridgehead atoms. The molecule has 3 rings (SSSR count). The van der Waals surface area contributed by atoms with Gasteiger partial charge in [0.2, 0.25) is 0 Å². The van der Waals surface area contributed by atoms with Crippen LogP contribution >= 0.6 is 11.3 Å². The highest BCUT2D eigenvalue weighted by Gasteiger charge is 2.29. The zero-order chi connectivity index (χ0) is 25.6. The second kappa shape index (κ2) is 12.0. The predicted octanol–water partition coefficient (Wildman–Crippen LogP) is 5.00. The van der Waals surface area contributed by atoms with Gasteiger partial charge in [-0.2, -0.15) is 0 Å². The number of anilines is 1. The number of carbonyl (C=O) groups excluding carboxylic acids is 2. The maximum Gasteiger partial charge on any atom is 0.270 e. The largest absolute Gasteiger partial charge is 0.482 e. The van der Waals surface area contributed by atoms with E-state index in [0.29, 0.717) is 18.0 Å². The van der Waals surface area contributed by atoms with E-state index in [4.69, 9.17) is 4.74 Å². The summed E-state index contributed by atoms with van der Waals surface area (Å²) >= 11 is 1.40. The lowest BCUT2D eigenvalue weighted by Crippen LogP contribution is -2.38. The quantitative estimate of drug-likeness (QED) is 0.444. The van der Waals surface area contributed by atoms with Crippen LogP contribution in [0.3, 0.4) is 0 Å². The van der Waals surface area contributed by atoms with Gasteiger partial charge >= 0.3 is 0 Å². The van der Waals surface area contributed by atoms with Gasteiger partial charge in [-0.3, -0.25) is 14.5 Å².